The van der Waals surface area contributed by atoms with Crippen LogP contribution in [0.1, 0.15) is 11.0 Å². The van der Waals surface area contributed by atoms with Gasteiger partial charge in [-0.1, -0.05) is 18.2 Å². The summed E-state index contributed by atoms with van der Waals surface area (Å²) in [5, 5.41) is 14.0. The molecule has 0 aliphatic heterocycles. The summed E-state index contributed by atoms with van der Waals surface area (Å²) in [5.41, 5.74) is 5.51. The van der Waals surface area contributed by atoms with E-state index in [0.717, 1.165) is 10.3 Å². The molecule has 1 heterocycles. The first-order valence-corrected chi connectivity index (χ1v) is 6.15. The van der Waals surface area contributed by atoms with Crippen molar-refractivity contribution in [1.82, 2.24) is 5.32 Å². The third-order valence-corrected chi connectivity index (χ3v) is 3.71. The van der Waals surface area contributed by atoms with Crippen LogP contribution >= 0.6 is 35.3 Å². The molecule has 4 N–H and O–H groups in total. The van der Waals surface area contributed by atoms with Gasteiger partial charge in [-0.25, -0.2) is 0 Å². The van der Waals surface area contributed by atoms with Gasteiger partial charge in [0.2, 0.25) is 0 Å². The number of fused-ring (bicyclic) bond motifs is 1. The Balaban J connectivity index is 0.00000162. The molecular formula is C12H16IN3OS. The Bertz CT molecular complexity index is 508. The molecule has 0 bridgehead atoms. The minimum atomic E-state index is -0.562. The van der Waals surface area contributed by atoms with Crippen LogP contribution in [0.2, 0.25) is 0 Å². The number of nitrogens with one attached hydrogen (secondary N) is 1. The SMILES string of the molecule is CN=C(N)NCC(O)c1cc2ccccc2s1.I. The van der Waals surface area contributed by atoms with E-state index in [1.807, 2.05) is 30.3 Å². The second-order valence-corrected chi connectivity index (χ2v) is 4.81. The van der Waals surface area contributed by atoms with E-state index in [1.54, 1.807) is 18.4 Å². The maximum atomic E-state index is 10.0. The normalized spacial score (nSPS) is 13.1. The molecule has 0 saturated heterocycles. The molecule has 0 fully saturated rings. The number of thiophene rings is 1. The fraction of sp³-hybridized carbons (Fsp3) is 0.250. The van der Waals surface area contributed by atoms with E-state index in [9.17, 15) is 5.11 Å². The molecule has 0 amide bonds. The minimum Gasteiger partial charge on any atom is -0.386 e. The maximum absolute atomic E-state index is 10.0. The van der Waals surface area contributed by atoms with Crippen molar-refractivity contribution in [2.75, 3.05) is 13.6 Å². The summed E-state index contributed by atoms with van der Waals surface area (Å²) in [4.78, 5) is 4.71. The van der Waals surface area contributed by atoms with Crippen LogP contribution in [-0.2, 0) is 0 Å². The van der Waals surface area contributed by atoms with Gasteiger partial charge < -0.3 is 16.2 Å². The minimum absolute atomic E-state index is 0. The number of benzene rings is 1. The monoisotopic (exact) mass is 377 g/mol. The summed E-state index contributed by atoms with van der Waals surface area (Å²) in [5.74, 6) is 0.338. The van der Waals surface area contributed by atoms with Crippen molar-refractivity contribution < 1.29 is 5.11 Å². The predicted octanol–water partition coefficient (Wildman–Crippen LogP) is 2.09. The van der Waals surface area contributed by atoms with Crippen LogP contribution in [0.5, 0.6) is 0 Å². The summed E-state index contributed by atoms with van der Waals surface area (Å²) >= 11 is 1.59. The number of aliphatic hydroxyl groups is 1. The third-order valence-electron chi connectivity index (χ3n) is 2.49. The molecule has 0 aliphatic carbocycles. The van der Waals surface area contributed by atoms with E-state index < -0.39 is 6.10 Å². The lowest BCUT2D eigenvalue weighted by atomic mass is 10.2. The highest BCUT2D eigenvalue weighted by atomic mass is 127. The molecule has 98 valence electrons. The molecule has 1 aromatic carbocycles. The maximum Gasteiger partial charge on any atom is 0.188 e. The Hall–Kier alpha value is -0.860. The molecule has 0 aliphatic rings. The first-order valence-electron chi connectivity index (χ1n) is 5.33. The Morgan fingerprint density at radius 3 is 2.89 bits per heavy atom. The number of hydrogen-bond acceptors (Lipinski definition) is 3. The molecule has 2 rings (SSSR count). The van der Waals surface area contributed by atoms with Crippen LogP contribution in [0, 0.1) is 0 Å². The standard InChI is InChI=1S/C12H15N3OS.HI/c1-14-12(13)15-7-9(16)11-6-8-4-2-3-5-10(8)17-11;/h2-6,9,16H,7H2,1H3,(H3,13,14,15);1H. The van der Waals surface area contributed by atoms with Crippen LogP contribution in [0.15, 0.2) is 35.3 Å². The van der Waals surface area contributed by atoms with E-state index in [1.165, 1.54) is 4.70 Å². The van der Waals surface area contributed by atoms with Crippen molar-refractivity contribution in [3.63, 3.8) is 0 Å². The van der Waals surface area contributed by atoms with E-state index in [-0.39, 0.29) is 24.0 Å². The van der Waals surface area contributed by atoms with Gasteiger partial charge in [0.1, 0.15) is 6.10 Å². The number of nitrogens with two attached hydrogens (primary N) is 1. The average molecular weight is 377 g/mol. The summed E-state index contributed by atoms with van der Waals surface area (Å²) in [6.07, 6.45) is -0.562. The number of hydrogen-bond donors (Lipinski definition) is 3. The summed E-state index contributed by atoms with van der Waals surface area (Å²) < 4.78 is 1.18. The molecule has 2 aromatic rings. The van der Waals surface area contributed by atoms with Gasteiger partial charge in [-0.3, -0.25) is 4.99 Å². The lowest BCUT2D eigenvalue weighted by Gasteiger charge is -2.09. The van der Waals surface area contributed by atoms with Gasteiger partial charge in [0, 0.05) is 23.2 Å². The summed E-state index contributed by atoms with van der Waals surface area (Å²) in [6.45, 7) is 0.371. The van der Waals surface area contributed by atoms with Gasteiger partial charge in [-0.2, -0.15) is 0 Å². The third kappa shape index (κ3) is 3.56. The van der Waals surface area contributed by atoms with Crippen LogP contribution in [0.25, 0.3) is 10.1 Å². The number of aliphatic imine (C=N–C) groups is 1. The van der Waals surface area contributed by atoms with Crippen LogP contribution in [0.4, 0.5) is 0 Å². The smallest absolute Gasteiger partial charge is 0.188 e. The Morgan fingerprint density at radius 2 is 2.22 bits per heavy atom. The van der Waals surface area contributed by atoms with Crippen molar-refractivity contribution in [3.8, 4) is 0 Å². The highest BCUT2D eigenvalue weighted by molar-refractivity contribution is 14.0. The first kappa shape index (κ1) is 15.2. The zero-order chi connectivity index (χ0) is 12.3. The van der Waals surface area contributed by atoms with Gasteiger partial charge in [0.15, 0.2) is 5.96 Å². The highest BCUT2D eigenvalue weighted by Crippen LogP contribution is 2.29. The predicted molar refractivity (Wildman–Crippen MR) is 87.7 cm³/mol. The first-order chi connectivity index (χ1) is 8.20. The van der Waals surface area contributed by atoms with Gasteiger partial charge >= 0.3 is 0 Å². The topological polar surface area (TPSA) is 70.6 Å². The Morgan fingerprint density at radius 1 is 1.50 bits per heavy atom. The second-order valence-electron chi connectivity index (χ2n) is 3.69. The molecule has 0 spiro atoms. The lowest BCUT2D eigenvalue weighted by Crippen LogP contribution is -2.34. The second kappa shape index (κ2) is 6.91. The van der Waals surface area contributed by atoms with E-state index in [4.69, 9.17) is 5.73 Å². The largest absolute Gasteiger partial charge is 0.386 e. The fourth-order valence-electron chi connectivity index (χ4n) is 1.55. The lowest BCUT2D eigenvalue weighted by molar-refractivity contribution is 0.185. The number of aliphatic hydroxyl groups excluding tert-OH is 1. The molecule has 4 nitrogen and oxygen atoms in total. The van der Waals surface area contributed by atoms with Gasteiger partial charge in [-0.05, 0) is 17.5 Å². The van der Waals surface area contributed by atoms with Gasteiger partial charge in [0.05, 0.1) is 0 Å². The molecule has 0 saturated carbocycles. The van der Waals surface area contributed by atoms with Gasteiger partial charge in [-0.15, -0.1) is 35.3 Å². The number of halogens is 1. The number of nitrogens with zero attached hydrogens (tertiary/aromatic N) is 1. The number of guanidine groups is 1. The van der Waals surface area contributed by atoms with Crippen molar-refractivity contribution in [1.29, 1.82) is 0 Å². The zero-order valence-electron chi connectivity index (χ0n) is 9.96. The van der Waals surface area contributed by atoms with Crippen LogP contribution in [-0.4, -0.2) is 24.7 Å². The molecule has 1 unspecified atom stereocenters. The summed E-state index contributed by atoms with van der Waals surface area (Å²) in [7, 11) is 1.61. The molecule has 0 radical (unpaired) electrons. The van der Waals surface area contributed by atoms with Crippen LogP contribution < -0.4 is 11.1 Å². The average Bonchev–Trinajstić information content (AvgIpc) is 2.79. The fourth-order valence-corrected chi connectivity index (χ4v) is 2.60. The van der Waals surface area contributed by atoms with Crippen LogP contribution in [0.3, 0.4) is 0 Å². The molecule has 6 heteroatoms. The molecular weight excluding hydrogens is 361 g/mol. The molecule has 1 atom stereocenters. The van der Waals surface area contributed by atoms with Crippen molar-refractivity contribution in [2.45, 2.75) is 6.10 Å². The van der Waals surface area contributed by atoms with Crippen molar-refractivity contribution >= 4 is 51.4 Å². The van der Waals surface area contributed by atoms with E-state index in [0.29, 0.717) is 12.5 Å². The molecule has 1 aromatic heterocycles. The highest BCUT2D eigenvalue weighted by Gasteiger charge is 2.11. The van der Waals surface area contributed by atoms with E-state index >= 15 is 0 Å². The van der Waals surface area contributed by atoms with Gasteiger partial charge in [0.25, 0.3) is 0 Å². The van der Waals surface area contributed by atoms with Crippen molar-refractivity contribution in [2.24, 2.45) is 10.7 Å². The van der Waals surface area contributed by atoms with E-state index in [2.05, 4.69) is 10.3 Å². The summed E-state index contributed by atoms with van der Waals surface area (Å²) in [6, 6.07) is 10.1. The number of rotatable bonds is 3. The zero-order valence-corrected chi connectivity index (χ0v) is 13.1. The van der Waals surface area contributed by atoms with Crippen molar-refractivity contribution in [3.05, 3.63) is 35.2 Å². The Labute approximate surface area is 127 Å². The molecule has 18 heavy (non-hydrogen) atoms. The quantitative estimate of drug-likeness (QED) is 0.436. The Kier molecular flexibility index (Phi) is 5.83.